The van der Waals surface area contributed by atoms with E-state index in [0.717, 1.165) is 24.2 Å². The van der Waals surface area contributed by atoms with Gasteiger partial charge in [0.05, 0.1) is 0 Å². The quantitative estimate of drug-likeness (QED) is 0.663. The van der Waals surface area contributed by atoms with Crippen LogP contribution >= 0.6 is 0 Å². The van der Waals surface area contributed by atoms with Gasteiger partial charge in [0.2, 0.25) is 0 Å². The Morgan fingerprint density at radius 1 is 0.917 bits per heavy atom. The number of benzene rings is 2. The van der Waals surface area contributed by atoms with Crippen LogP contribution in [0.2, 0.25) is 0 Å². The number of hydrogen-bond acceptors (Lipinski definition) is 3. The van der Waals surface area contributed by atoms with Crippen molar-refractivity contribution in [1.29, 1.82) is 0 Å². The van der Waals surface area contributed by atoms with E-state index in [0.29, 0.717) is 0 Å². The van der Waals surface area contributed by atoms with E-state index in [1.54, 1.807) is 6.20 Å². The second kappa shape index (κ2) is 8.27. The Morgan fingerprint density at radius 3 is 2.38 bits per heavy atom. The molecule has 0 saturated heterocycles. The van der Waals surface area contributed by atoms with Crippen molar-refractivity contribution in [3.8, 4) is 16.9 Å². The van der Waals surface area contributed by atoms with Gasteiger partial charge in [-0.3, -0.25) is 10.7 Å². The highest BCUT2D eigenvalue weighted by Gasteiger charge is 2.06. The van der Waals surface area contributed by atoms with E-state index in [4.69, 9.17) is 10.5 Å². The molecule has 1 unspecified atom stereocenters. The third-order valence-corrected chi connectivity index (χ3v) is 3.79. The summed E-state index contributed by atoms with van der Waals surface area (Å²) in [5.74, 6) is 0.778. The Morgan fingerprint density at radius 2 is 1.67 bits per heavy atom. The van der Waals surface area contributed by atoms with Gasteiger partial charge < -0.3 is 4.74 Å². The van der Waals surface area contributed by atoms with Crippen molar-refractivity contribution in [3.63, 3.8) is 0 Å². The summed E-state index contributed by atoms with van der Waals surface area (Å²) in [6.45, 7) is 0. The van der Waals surface area contributed by atoms with Gasteiger partial charge in [0.1, 0.15) is 5.75 Å². The maximum atomic E-state index is 6.03. The summed E-state index contributed by atoms with van der Waals surface area (Å²) in [4.78, 5) is 4.11. The Labute approximate surface area is 143 Å². The van der Waals surface area contributed by atoms with Crippen LogP contribution in [0.5, 0.6) is 5.75 Å². The Kier molecular flexibility index (Phi) is 5.59. The molecule has 0 amide bonds. The zero-order chi connectivity index (χ0) is 16.6. The summed E-state index contributed by atoms with van der Waals surface area (Å²) in [6.07, 6.45) is 7.00. The van der Waals surface area contributed by atoms with Crippen LogP contribution < -0.4 is 10.5 Å². The largest absolute Gasteiger partial charge is 0.475 e. The maximum Gasteiger partial charge on any atom is 0.151 e. The lowest BCUT2D eigenvalue weighted by Gasteiger charge is -2.14. The molecule has 2 aromatic carbocycles. The van der Waals surface area contributed by atoms with E-state index in [9.17, 15) is 0 Å². The molecular formula is C21H21N2O. The van der Waals surface area contributed by atoms with Crippen LogP contribution in [0.4, 0.5) is 0 Å². The highest BCUT2D eigenvalue weighted by molar-refractivity contribution is 5.63. The Bertz CT molecular complexity index is 727. The average Bonchev–Trinajstić information content (AvgIpc) is 2.64. The zero-order valence-electron chi connectivity index (χ0n) is 13.5. The van der Waals surface area contributed by atoms with Crippen molar-refractivity contribution in [3.05, 3.63) is 91.1 Å². The first-order chi connectivity index (χ1) is 11.8. The lowest BCUT2D eigenvalue weighted by molar-refractivity contribution is 0.237. The number of rotatable bonds is 7. The van der Waals surface area contributed by atoms with Gasteiger partial charge in [0, 0.05) is 18.8 Å². The number of hydrogen-bond donors (Lipinski definition) is 1. The lowest BCUT2D eigenvalue weighted by Crippen LogP contribution is -2.27. The summed E-state index contributed by atoms with van der Waals surface area (Å²) in [6, 6.07) is 22.3. The number of nitrogens with zero attached hydrogens (tertiary/aromatic N) is 1. The van der Waals surface area contributed by atoms with Crippen molar-refractivity contribution in [2.45, 2.75) is 19.1 Å². The van der Waals surface area contributed by atoms with E-state index in [-0.39, 0.29) is 0 Å². The Balaban J connectivity index is 1.48. The molecule has 0 fully saturated rings. The van der Waals surface area contributed by atoms with Gasteiger partial charge in [-0.05, 0) is 47.7 Å². The van der Waals surface area contributed by atoms with Crippen molar-refractivity contribution in [1.82, 2.24) is 4.98 Å². The van der Waals surface area contributed by atoms with Crippen LogP contribution in [0, 0.1) is 6.42 Å². The SMILES string of the molecule is NC([CH]CCc1cccnc1)Oc1ccc(-c2ccccc2)cc1. The van der Waals surface area contributed by atoms with Crippen molar-refractivity contribution < 1.29 is 4.74 Å². The Hall–Kier alpha value is -2.65. The number of aromatic nitrogens is 1. The molecule has 2 N–H and O–H groups in total. The molecule has 0 saturated carbocycles. The van der Waals surface area contributed by atoms with Gasteiger partial charge in [0.15, 0.2) is 6.23 Å². The molecular weight excluding hydrogens is 296 g/mol. The van der Waals surface area contributed by atoms with Gasteiger partial charge in [-0.1, -0.05) is 48.5 Å². The number of aryl methyl sites for hydroxylation is 1. The van der Waals surface area contributed by atoms with E-state index >= 15 is 0 Å². The van der Waals surface area contributed by atoms with E-state index in [2.05, 4.69) is 23.2 Å². The van der Waals surface area contributed by atoms with Crippen molar-refractivity contribution in [2.24, 2.45) is 5.73 Å². The monoisotopic (exact) mass is 317 g/mol. The third-order valence-electron chi connectivity index (χ3n) is 3.79. The molecule has 0 spiro atoms. The highest BCUT2D eigenvalue weighted by atomic mass is 16.5. The highest BCUT2D eigenvalue weighted by Crippen LogP contribution is 2.22. The molecule has 1 aromatic heterocycles. The summed E-state index contributed by atoms with van der Waals surface area (Å²) >= 11 is 0. The van der Waals surface area contributed by atoms with Crippen LogP contribution in [0.3, 0.4) is 0 Å². The molecule has 24 heavy (non-hydrogen) atoms. The van der Waals surface area contributed by atoms with E-state index in [1.165, 1.54) is 11.1 Å². The van der Waals surface area contributed by atoms with E-state index in [1.807, 2.05) is 61.1 Å². The second-order valence-corrected chi connectivity index (χ2v) is 5.61. The summed E-state index contributed by atoms with van der Waals surface area (Å²) in [5, 5.41) is 0. The summed E-state index contributed by atoms with van der Waals surface area (Å²) < 4.78 is 5.75. The number of nitrogens with two attached hydrogens (primary N) is 1. The smallest absolute Gasteiger partial charge is 0.151 e. The zero-order valence-corrected chi connectivity index (χ0v) is 13.5. The summed E-state index contributed by atoms with van der Waals surface area (Å²) in [7, 11) is 0. The molecule has 1 radical (unpaired) electrons. The molecule has 0 aliphatic rings. The first-order valence-corrected chi connectivity index (χ1v) is 8.11. The van der Waals surface area contributed by atoms with Gasteiger partial charge in [-0.15, -0.1) is 0 Å². The van der Waals surface area contributed by atoms with Gasteiger partial charge in [-0.25, -0.2) is 0 Å². The minimum absolute atomic E-state index is 0.413. The first kappa shape index (κ1) is 16.2. The molecule has 3 nitrogen and oxygen atoms in total. The number of pyridine rings is 1. The van der Waals surface area contributed by atoms with Crippen LogP contribution in [0.1, 0.15) is 12.0 Å². The molecule has 1 atom stereocenters. The standard InChI is InChI=1S/C21H21N2O/c22-21(10-4-6-17-7-5-15-23-16-17)24-20-13-11-19(12-14-20)18-8-2-1-3-9-18/h1-3,5,7-16,21H,4,6,22H2. The summed E-state index contributed by atoms with van der Waals surface area (Å²) in [5.41, 5.74) is 9.58. The van der Waals surface area contributed by atoms with Crippen molar-refractivity contribution in [2.75, 3.05) is 0 Å². The van der Waals surface area contributed by atoms with Crippen LogP contribution in [-0.4, -0.2) is 11.2 Å². The van der Waals surface area contributed by atoms with Crippen molar-refractivity contribution >= 4 is 0 Å². The maximum absolute atomic E-state index is 6.03. The molecule has 0 aliphatic carbocycles. The fourth-order valence-corrected chi connectivity index (χ4v) is 2.52. The van der Waals surface area contributed by atoms with Gasteiger partial charge in [0.25, 0.3) is 0 Å². The molecule has 1 heterocycles. The van der Waals surface area contributed by atoms with Crippen LogP contribution in [-0.2, 0) is 6.42 Å². The fraction of sp³-hybridized carbons (Fsp3) is 0.143. The molecule has 0 bridgehead atoms. The molecule has 3 aromatic rings. The lowest BCUT2D eigenvalue weighted by atomic mass is 10.1. The van der Waals surface area contributed by atoms with Gasteiger partial charge >= 0.3 is 0 Å². The average molecular weight is 317 g/mol. The third kappa shape index (κ3) is 4.67. The van der Waals surface area contributed by atoms with E-state index < -0.39 is 6.23 Å². The second-order valence-electron chi connectivity index (χ2n) is 5.61. The normalized spacial score (nSPS) is 11.9. The first-order valence-electron chi connectivity index (χ1n) is 8.11. The molecule has 121 valence electrons. The predicted octanol–water partition coefficient (Wildman–Crippen LogP) is 4.25. The molecule has 3 rings (SSSR count). The van der Waals surface area contributed by atoms with Crippen LogP contribution in [0.25, 0.3) is 11.1 Å². The fourth-order valence-electron chi connectivity index (χ4n) is 2.52. The van der Waals surface area contributed by atoms with Crippen LogP contribution in [0.15, 0.2) is 79.1 Å². The topological polar surface area (TPSA) is 48.1 Å². The number of ether oxygens (including phenoxy) is 1. The minimum atomic E-state index is -0.413. The predicted molar refractivity (Wildman–Crippen MR) is 97.3 cm³/mol. The van der Waals surface area contributed by atoms with Gasteiger partial charge in [-0.2, -0.15) is 0 Å². The molecule has 3 heteroatoms. The molecule has 0 aliphatic heterocycles. The minimum Gasteiger partial charge on any atom is -0.475 e.